The van der Waals surface area contributed by atoms with Gasteiger partial charge in [0.1, 0.15) is 5.54 Å². The van der Waals surface area contributed by atoms with Crippen molar-refractivity contribution in [2.24, 2.45) is 5.92 Å². The van der Waals surface area contributed by atoms with E-state index in [0.717, 1.165) is 18.5 Å². The number of carbonyl (C=O) groups excluding carboxylic acids is 1. The van der Waals surface area contributed by atoms with Crippen molar-refractivity contribution in [2.45, 2.75) is 25.3 Å². The molecule has 1 aliphatic rings. The third kappa shape index (κ3) is 3.27. The summed E-state index contributed by atoms with van der Waals surface area (Å²) in [6.07, 6.45) is 1.99. The fraction of sp³-hybridized carbons (Fsp3) is 0.400. The minimum absolute atomic E-state index is 0.107. The lowest BCUT2D eigenvalue weighted by Crippen LogP contribution is -2.48. The first kappa shape index (κ1) is 13.9. The zero-order valence-corrected chi connectivity index (χ0v) is 11.3. The van der Waals surface area contributed by atoms with Gasteiger partial charge in [0.2, 0.25) is 5.91 Å². The van der Waals surface area contributed by atoms with Gasteiger partial charge in [0.05, 0.1) is 24.2 Å². The van der Waals surface area contributed by atoms with Gasteiger partial charge in [-0.1, -0.05) is 0 Å². The number of amides is 1. The molecule has 0 aromatic heterocycles. The Balaban J connectivity index is 1.86. The van der Waals surface area contributed by atoms with Crippen LogP contribution >= 0.6 is 0 Å². The van der Waals surface area contributed by atoms with Crippen molar-refractivity contribution in [3.05, 3.63) is 29.8 Å². The highest BCUT2D eigenvalue weighted by Gasteiger charge is 2.42. The van der Waals surface area contributed by atoms with Gasteiger partial charge in [0.15, 0.2) is 0 Å². The molecule has 0 spiro atoms. The Labute approximate surface area is 118 Å². The third-order valence-corrected chi connectivity index (χ3v) is 3.49. The van der Waals surface area contributed by atoms with Crippen LogP contribution in [0.1, 0.15) is 25.3 Å². The minimum atomic E-state index is -0.760. The number of benzene rings is 1. The van der Waals surface area contributed by atoms with Crippen LogP contribution in [-0.2, 0) is 4.79 Å². The van der Waals surface area contributed by atoms with Crippen LogP contribution in [0.15, 0.2) is 24.3 Å². The molecule has 5 heteroatoms. The van der Waals surface area contributed by atoms with E-state index in [1.807, 2.05) is 6.07 Å². The first-order valence-electron chi connectivity index (χ1n) is 6.53. The number of nitrogens with one attached hydrogen (secondary N) is 2. The summed E-state index contributed by atoms with van der Waals surface area (Å²) in [5.74, 6) is 0.0664. The fourth-order valence-corrected chi connectivity index (χ4v) is 2.06. The molecule has 0 heterocycles. The fourth-order valence-electron chi connectivity index (χ4n) is 2.06. The van der Waals surface area contributed by atoms with Crippen LogP contribution in [-0.4, -0.2) is 18.0 Å². The van der Waals surface area contributed by atoms with Crippen molar-refractivity contribution < 1.29 is 4.79 Å². The summed E-state index contributed by atoms with van der Waals surface area (Å²) in [6.45, 7) is 1.88. The maximum absolute atomic E-state index is 11.9. The monoisotopic (exact) mass is 268 g/mol. The molecular weight excluding hydrogens is 252 g/mol. The van der Waals surface area contributed by atoms with E-state index in [1.54, 1.807) is 31.2 Å². The van der Waals surface area contributed by atoms with Crippen molar-refractivity contribution in [3.63, 3.8) is 0 Å². The molecule has 102 valence electrons. The molecule has 2 rings (SSSR count). The van der Waals surface area contributed by atoms with Crippen molar-refractivity contribution in [1.82, 2.24) is 5.32 Å². The molecule has 1 aromatic carbocycles. The van der Waals surface area contributed by atoms with E-state index in [9.17, 15) is 10.1 Å². The minimum Gasteiger partial charge on any atom is -0.376 e. The number of carbonyl (C=O) groups is 1. The smallest absolute Gasteiger partial charge is 0.240 e. The summed E-state index contributed by atoms with van der Waals surface area (Å²) < 4.78 is 0. The SMILES string of the molecule is CC(C#N)(NC(=O)CNc1ccc(C#N)cc1)C1CC1. The predicted molar refractivity (Wildman–Crippen MR) is 74.5 cm³/mol. The largest absolute Gasteiger partial charge is 0.376 e. The van der Waals surface area contributed by atoms with Crippen LogP contribution in [0.25, 0.3) is 0 Å². The van der Waals surface area contributed by atoms with Crippen LogP contribution < -0.4 is 10.6 Å². The van der Waals surface area contributed by atoms with Crippen molar-refractivity contribution >= 4 is 11.6 Å². The van der Waals surface area contributed by atoms with Crippen molar-refractivity contribution in [1.29, 1.82) is 10.5 Å². The topological polar surface area (TPSA) is 88.7 Å². The van der Waals surface area contributed by atoms with Crippen molar-refractivity contribution in [3.8, 4) is 12.1 Å². The molecule has 0 bridgehead atoms. The maximum Gasteiger partial charge on any atom is 0.240 e. The highest BCUT2D eigenvalue weighted by atomic mass is 16.2. The lowest BCUT2D eigenvalue weighted by molar-refractivity contribution is -0.120. The molecular formula is C15H16N4O. The maximum atomic E-state index is 11.9. The molecule has 1 atom stereocenters. The second-order valence-electron chi connectivity index (χ2n) is 5.18. The zero-order valence-electron chi connectivity index (χ0n) is 11.3. The number of nitrogens with zero attached hydrogens (tertiary/aromatic N) is 2. The first-order valence-corrected chi connectivity index (χ1v) is 6.53. The number of anilines is 1. The van der Waals surface area contributed by atoms with E-state index < -0.39 is 5.54 Å². The van der Waals surface area contributed by atoms with Gasteiger partial charge in [-0.05, 0) is 49.9 Å². The van der Waals surface area contributed by atoms with E-state index in [-0.39, 0.29) is 18.4 Å². The molecule has 1 fully saturated rings. The Hall–Kier alpha value is -2.53. The van der Waals surface area contributed by atoms with Crippen LogP contribution in [0.5, 0.6) is 0 Å². The Bertz CT molecular complexity index is 577. The molecule has 1 aromatic rings. The summed E-state index contributed by atoms with van der Waals surface area (Å²) >= 11 is 0. The molecule has 2 N–H and O–H groups in total. The van der Waals surface area contributed by atoms with Crippen LogP contribution in [0.3, 0.4) is 0 Å². The molecule has 20 heavy (non-hydrogen) atoms. The normalized spacial score (nSPS) is 16.4. The van der Waals surface area contributed by atoms with Gasteiger partial charge >= 0.3 is 0 Å². The van der Waals surface area contributed by atoms with Crippen LogP contribution in [0.2, 0.25) is 0 Å². The van der Waals surface area contributed by atoms with E-state index in [2.05, 4.69) is 16.7 Å². The van der Waals surface area contributed by atoms with Gasteiger partial charge in [-0.3, -0.25) is 4.79 Å². The van der Waals surface area contributed by atoms with E-state index >= 15 is 0 Å². The van der Waals surface area contributed by atoms with E-state index in [1.165, 1.54) is 0 Å². The van der Waals surface area contributed by atoms with Gasteiger partial charge in [0.25, 0.3) is 0 Å². The molecule has 1 amide bonds. The number of nitriles is 2. The van der Waals surface area contributed by atoms with Gasteiger partial charge in [0, 0.05) is 5.69 Å². The highest BCUT2D eigenvalue weighted by molar-refractivity contribution is 5.81. The zero-order chi connectivity index (χ0) is 14.6. The molecule has 1 unspecified atom stereocenters. The van der Waals surface area contributed by atoms with Gasteiger partial charge in [-0.15, -0.1) is 0 Å². The van der Waals surface area contributed by atoms with Gasteiger partial charge < -0.3 is 10.6 Å². The highest BCUT2D eigenvalue weighted by Crippen LogP contribution is 2.39. The summed E-state index contributed by atoms with van der Waals surface area (Å²) in [7, 11) is 0. The summed E-state index contributed by atoms with van der Waals surface area (Å²) in [6, 6.07) is 11.1. The van der Waals surface area contributed by atoms with Gasteiger partial charge in [-0.2, -0.15) is 10.5 Å². The number of hydrogen-bond acceptors (Lipinski definition) is 4. The Morgan fingerprint density at radius 3 is 2.50 bits per heavy atom. The standard InChI is InChI=1S/C15H16N4O/c1-15(10-17,12-4-5-12)19-14(20)9-18-13-6-2-11(8-16)3-7-13/h2-3,6-7,12,18H,4-5,9H2,1H3,(H,19,20). The van der Waals surface area contributed by atoms with Crippen LogP contribution in [0, 0.1) is 28.6 Å². The Morgan fingerprint density at radius 1 is 1.35 bits per heavy atom. The lowest BCUT2D eigenvalue weighted by atomic mass is 9.98. The van der Waals surface area contributed by atoms with Crippen LogP contribution in [0.4, 0.5) is 5.69 Å². The third-order valence-electron chi connectivity index (χ3n) is 3.49. The Kier molecular flexibility index (Phi) is 3.91. The molecule has 0 saturated heterocycles. The summed E-state index contributed by atoms with van der Waals surface area (Å²) in [4.78, 5) is 11.9. The Morgan fingerprint density at radius 2 is 2.00 bits per heavy atom. The predicted octanol–water partition coefficient (Wildman–Crippen LogP) is 1.78. The second kappa shape index (κ2) is 5.63. The quantitative estimate of drug-likeness (QED) is 0.851. The van der Waals surface area contributed by atoms with E-state index in [0.29, 0.717) is 5.56 Å². The summed E-state index contributed by atoms with van der Waals surface area (Å²) in [5, 5.41) is 23.6. The van der Waals surface area contributed by atoms with Crippen molar-refractivity contribution in [2.75, 3.05) is 11.9 Å². The second-order valence-corrected chi connectivity index (χ2v) is 5.18. The molecule has 1 aliphatic carbocycles. The average molecular weight is 268 g/mol. The summed E-state index contributed by atoms with van der Waals surface area (Å²) in [5.41, 5.74) is 0.582. The molecule has 1 saturated carbocycles. The number of hydrogen-bond donors (Lipinski definition) is 2. The average Bonchev–Trinajstić information content (AvgIpc) is 3.30. The van der Waals surface area contributed by atoms with E-state index in [4.69, 9.17) is 5.26 Å². The molecule has 0 aliphatic heterocycles. The molecule has 5 nitrogen and oxygen atoms in total. The first-order chi connectivity index (χ1) is 9.57. The lowest BCUT2D eigenvalue weighted by Gasteiger charge is -2.23. The molecule has 0 radical (unpaired) electrons. The number of rotatable bonds is 5. The van der Waals surface area contributed by atoms with Gasteiger partial charge in [-0.25, -0.2) is 0 Å².